The summed E-state index contributed by atoms with van der Waals surface area (Å²) in [5.41, 5.74) is 0. The molecule has 0 aliphatic carbocycles. The van der Waals surface area contributed by atoms with Crippen molar-refractivity contribution in [2.24, 2.45) is 0 Å². The number of thiocarbonyl (C=S) groups is 1. The molecule has 5 heteroatoms. The van der Waals surface area contributed by atoms with Crippen LogP contribution in [-0.4, -0.2) is 35.2 Å². The van der Waals surface area contributed by atoms with Crippen molar-refractivity contribution in [1.82, 2.24) is 4.90 Å². The molecule has 0 fully saturated rings. The van der Waals surface area contributed by atoms with Crippen molar-refractivity contribution >= 4 is 33.6 Å². The molecule has 0 saturated carbocycles. The van der Waals surface area contributed by atoms with Crippen LogP contribution in [0.25, 0.3) is 0 Å². The molecule has 0 radical (unpaired) electrons. The van der Waals surface area contributed by atoms with Gasteiger partial charge in [0.05, 0.1) is 6.61 Å². The third-order valence-corrected chi connectivity index (χ3v) is 2.24. The highest BCUT2D eigenvalue weighted by Crippen LogP contribution is 2.09. The van der Waals surface area contributed by atoms with Crippen molar-refractivity contribution in [3.8, 4) is 0 Å². The van der Waals surface area contributed by atoms with Gasteiger partial charge in [-0.05, 0) is 6.92 Å². The Kier molecular flexibility index (Phi) is 5.23. The number of hydrogen-bond donors (Lipinski definition) is 0. The Balaban J connectivity index is 3.67. The van der Waals surface area contributed by atoms with Crippen molar-refractivity contribution in [3.05, 3.63) is 0 Å². The fraction of sp³-hybridized carbons (Fsp3) is 0.667. The van der Waals surface area contributed by atoms with Crippen molar-refractivity contribution < 1.29 is 9.53 Å². The summed E-state index contributed by atoms with van der Waals surface area (Å²) in [6.07, 6.45) is 0. The molecule has 0 saturated heterocycles. The zero-order valence-electron chi connectivity index (χ0n) is 6.79. The minimum atomic E-state index is -0.341. The summed E-state index contributed by atoms with van der Waals surface area (Å²) < 4.78 is 5.19. The largest absolute Gasteiger partial charge is 0.458 e. The lowest BCUT2D eigenvalue weighted by Crippen LogP contribution is -2.18. The van der Waals surface area contributed by atoms with E-state index in [1.165, 1.54) is 0 Å². The lowest BCUT2D eigenvalue weighted by molar-refractivity contribution is 0.182. The minimum absolute atomic E-state index is 0.341. The molecule has 3 nitrogen and oxygen atoms in total. The van der Waals surface area contributed by atoms with Gasteiger partial charge in [-0.15, -0.1) is 0 Å². The molecule has 0 aromatic carbocycles. The third kappa shape index (κ3) is 5.03. The van der Waals surface area contributed by atoms with Crippen molar-refractivity contribution in [2.45, 2.75) is 6.92 Å². The number of carbonyl (C=O) groups is 1. The van der Waals surface area contributed by atoms with Gasteiger partial charge in [-0.25, -0.2) is 4.79 Å². The van der Waals surface area contributed by atoms with Crippen LogP contribution >= 0.6 is 24.0 Å². The second-order valence-corrected chi connectivity index (χ2v) is 3.51. The molecule has 0 aliphatic rings. The van der Waals surface area contributed by atoms with Crippen molar-refractivity contribution in [3.63, 3.8) is 0 Å². The first-order chi connectivity index (χ1) is 5.07. The van der Waals surface area contributed by atoms with Gasteiger partial charge in [-0.1, -0.05) is 12.2 Å². The number of carbonyl (C=O) groups excluding carboxylic acids is 1. The van der Waals surface area contributed by atoms with E-state index < -0.39 is 0 Å². The molecular formula is C6H11NO2S2. The van der Waals surface area contributed by atoms with E-state index in [1.54, 1.807) is 25.9 Å². The van der Waals surface area contributed by atoms with E-state index in [4.69, 9.17) is 12.2 Å². The number of rotatable bonds is 1. The Morgan fingerprint density at radius 1 is 1.64 bits per heavy atom. The Morgan fingerprint density at radius 2 is 2.18 bits per heavy atom. The van der Waals surface area contributed by atoms with Gasteiger partial charge < -0.3 is 9.64 Å². The second-order valence-electron chi connectivity index (χ2n) is 1.95. The molecule has 0 rings (SSSR count). The molecule has 0 bridgehead atoms. The fourth-order valence-electron chi connectivity index (χ4n) is 0.310. The lowest BCUT2D eigenvalue weighted by Gasteiger charge is -2.10. The zero-order chi connectivity index (χ0) is 8.85. The van der Waals surface area contributed by atoms with Crippen LogP contribution in [0.3, 0.4) is 0 Å². The second kappa shape index (κ2) is 5.37. The number of hydrogen-bond acceptors (Lipinski definition) is 4. The summed E-state index contributed by atoms with van der Waals surface area (Å²) in [6, 6.07) is 0. The van der Waals surface area contributed by atoms with Crippen LogP contribution in [0.1, 0.15) is 6.92 Å². The summed E-state index contributed by atoms with van der Waals surface area (Å²) in [7, 11) is 3.57. The Hall–Kier alpha value is -0.290. The maximum absolute atomic E-state index is 10.8. The molecule has 0 unspecified atom stereocenters. The van der Waals surface area contributed by atoms with E-state index in [9.17, 15) is 4.79 Å². The van der Waals surface area contributed by atoms with Gasteiger partial charge in [-0.2, -0.15) is 0 Å². The number of ether oxygens (including phenoxy) is 1. The van der Waals surface area contributed by atoms with Crippen LogP contribution in [0, 0.1) is 0 Å². The minimum Gasteiger partial charge on any atom is -0.458 e. The molecule has 0 aromatic heterocycles. The van der Waals surface area contributed by atoms with E-state index in [1.807, 2.05) is 0 Å². The van der Waals surface area contributed by atoms with Gasteiger partial charge in [0, 0.05) is 25.9 Å². The van der Waals surface area contributed by atoms with E-state index in [0.29, 0.717) is 10.9 Å². The van der Waals surface area contributed by atoms with Gasteiger partial charge in [-0.3, -0.25) is 0 Å². The van der Waals surface area contributed by atoms with E-state index in [0.717, 1.165) is 11.8 Å². The average molecular weight is 193 g/mol. The summed E-state index contributed by atoms with van der Waals surface area (Å²) in [6.45, 7) is 2.15. The number of thioether (sulfide) groups is 1. The van der Waals surface area contributed by atoms with Crippen LogP contribution in [0.15, 0.2) is 0 Å². The molecule has 0 amide bonds. The topological polar surface area (TPSA) is 29.5 Å². The monoisotopic (exact) mass is 193 g/mol. The lowest BCUT2D eigenvalue weighted by atomic mass is 10.9. The molecule has 0 heterocycles. The molecule has 0 aromatic rings. The number of nitrogens with zero attached hydrogens (tertiary/aromatic N) is 1. The summed E-state index contributed by atoms with van der Waals surface area (Å²) in [5, 5.41) is -0.341. The Bertz CT molecular complexity index is 159. The average Bonchev–Trinajstić information content (AvgIpc) is 1.87. The van der Waals surface area contributed by atoms with Crippen LogP contribution in [0.5, 0.6) is 0 Å². The first-order valence-electron chi connectivity index (χ1n) is 3.13. The van der Waals surface area contributed by atoms with E-state index in [-0.39, 0.29) is 5.30 Å². The normalized spacial score (nSPS) is 9.00. The van der Waals surface area contributed by atoms with Gasteiger partial charge in [0.1, 0.15) is 4.32 Å². The van der Waals surface area contributed by atoms with Crippen molar-refractivity contribution in [1.29, 1.82) is 0 Å². The van der Waals surface area contributed by atoms with E-state index in [2.05, 4.69) is 4.74 Å². The molecule has 11 heavy (non-hydrogen) atoms. The molecule has 0 atom stereocenters. The standard InChI is InChI=1S/C6H11NO2S2/c1-4-9-6(8)11-5(10)7(2)3/h4H2,1-3H3. The van der Waals surface area contributed by atoms with Gasteiger partial charge >= 0.3 is 5.30 Å². The van der Waals surface area contributed by atoms with Gasteiger partial charge in [0.2, 0.25) is 0 Å². The molecular weight excluding hydrogens is 182 g/mol. The quantitative estimate of drug-likeness (QED) is 0.467. The molecule has 0 spiro atoms. The van der Waals surface area contributed by atoms with Crippen LogP contribution in [0.2, 0.25) is 0 Å². The Morgan fingerprint density at radius 3 is 2.55 bits per heavy atom. The molecule has 0 N–H and O–H groups in total. The van der Waals surface area contributed by atoms with Gasteiger partial charge in [0.25, 0.3) is 0 Å². The van der Waals surface area contributed by atoms with E-state index >= 15 is 0 Å². The first kappa shape index (κ1) is 10.7. The molecule has 64 valence electrons. The molecule has 0 aliphatic heterocycles. The Labute approximate surface area is 76.1 Å². The summed E-state index contributed by atoms with van der Waals surface area (Å²) in [5.74, 6) is 0. The van der Waals surface area contributed by atoms with Crippen LogP contribution in [0.4, 0.5) is 4.79 Å². The predicted octanol–water partition coefficient (Wildman–Crippen LogP) is 1.72. The van der Waals surface area contributed by atoms with Gasteiger partial charge in [0.15, 0.2) is 0 Å². The summed E-state index contributed by atoms with van der Waals surface area (Å²) >= 11 is 5.78. The SMILES string of the molecule is CCOC(=O)SC(=S)N(C)C. The maximum atomic E-state index is 10.8. The van der Waals surface area contributed by atoms with Crippen LogP contribution in [-0.2, 0) is 4.74 Å². The first-order valence-corrected chi connectivity index (χ1v) is 4.36. The third-order valence-electron chi connectivity index (χ3n) is 0.798. The fourth-order valence-corrected chi connectivity index (χ4v) is 1.02. The highest BCUT2D eigenvalue weighted by Gasteiger charge is 2.08. The summed E-state index contributed by atoms with van der Waals surface area (Å²) in [4.78, 5) is 12.5. The zero-order valence-corrected chi connectivity index (χ0v) is 8.42. The van der Waals surface area contributed by atoms with Crippen molar-refractivity contribution in [2.75, 3.05) is 20.7 Å². The highest BCUT2D eigenvalue weighted by atomic mass is 32.2. The highest BCUT2D eigenvalue weighted by molar-refractivity contribution is 8.32. The maximum Gasteiger partial charge on any atom is 0.374 e. The smallest absolute Gasteiger partial charge is 0.374 e. The van der Waals surface area contributed by atoms with Crippen LogP contribution < -0.4 is 0 Å². The predicted molar refractivity (Wildman–Crippen MR) is 50.9 cm³/mol.